The smallest absolute Gasteiger partial charge is 0.142 e. The van der Waals surface area contributed by atoms with Gasteiger partial charge in [-0.1, -0.05) is 13.3 Å². The van der Waals surface area contributed by atoms with Gasteiger partial charge in [-0.25, -0.2) is 0 Å². The van der Waals surface area contributed by atoms with Crippen molar-refractivity contribution in [2.45, 2.75) is 26.2 Å². The Labute approximate surface area is 84.5 Å². The van der Waals surface area contributed by atoms with E-state index in [1.54, 1.807) is 0 Å². The van der Waals surface area contributed by atoms with Gasteiger partial charge in [-0.2, -0.15) is 5.10 Å². The summed E-state index contributed by atoms with van der Waals surface area (Å²) in [5.41, 5.74) is 6.87. The molecule has 0 aromatic carbocycles. The molecule has 1 aromatic rings. The second kappa shape index (κ2) is 3.90. The molecular formula is C10H18N4. The number of nitrogens with two attached hydrogens (primary N) is 1. The molecule has 2 rings (SSSR count). The largest absolute Gasteiger partial charge is 0.382 e. The summed E-state index contributed by atoms with van der Waals surface area (Å²) in [6.45, 7) is 4.49. The number of nitrogens with zero attached hydrogens (tertiary/aromatic N) is 2. The van der Waals surface area contributed by atoms with Gasteiger partial charge in [-0.15, -0.1) is 0 Å². The van der Waals surface area contributed by atoms with E-state index in [1.807, 2.05) is 6.20 Å². The Morgan fingerprint density at radius 3 is 3.21 bits per heavy atom. The number of anilines is 2. The molecule has 0 radical (unpaired) electrons. The maximum atomic E-state index is 5.80. The Bertz CT molecular complexity index is 294. The van der Waals surface area contributed by atoms with Crippen molar-refractivity contribution in [1.82, 2.24) is 10.2 Å². The van der Waals surface area contributed by atoms with Crippen LogP contribution in [0.3, 0.4) is 0 Å². The minimum absolute atomic E-state index is 0.696. The number of nitrogen functional groups attached to an aromatic ring is 1. The van der Waals surface area contributed by atoms with Crippen molar-refractivity contribution in [1.29, 1.82) is 0 Å². The molecule has 0 bridgehead atoms. The van der Waals surface area contributed by atoms with Crippen LogP contribution in [0, 0.1) is 5.92 Å². The number of H-pyrrole nitrogens is 1. The molecule has 14 heavy (non-hydrogen) atoms. The highest BCUT2D eigenvalue weighted by atomic mass is 15.2. The molecule has 0 saturated carbocycles. The molecule has 1 aromatic heterocycles. The van der Waals surface area contributed by atoms with E-state index < -0.39 is 0 Å². The number of nitrogens with one attached hydrogen (secondary N) is 1. The van der Waals surface area contributed by atoms with Gasteiger partial charge < -0.3 is 10.6 Å². The Balaban J connectivity index is 2.08. The first-order chi connectivity index (χ1) is 6.81. The molecule has 1 unspecified atom stereocenters. The fraction of sp³-hybridized carbons (Fsp3) is 0.700. The fourth-order valence-electron chi connectivity index (χ4n) is 2.16. The number of aromatic nitrogens is 2. The maximum Gasteiger partial charge on any atom is 0.142 e. The molecule has 4 heteroatoms. The van der Waals surface area contributed by atoms with Crippen LogP contribution in [-0.4, -0.2) is 23.3 Å². The topological polar surface area (TPSA) is 57.9 Å². The van der Waals surface area contributed by atoms with E-state index in [9.17, 15) is 0 Å². The Morgan fingerprint density at radius 1 is 1.71 bits per heavy atom. The standard InChI is InChI=1S/C10H18N4/c1-2-8-4-3-5-14(7-8)9-6-12-13-10(9)11/h6,8H,2-5,7H2,1H3,(H3,11,12,13). The zero-order valence-electron chi connectivity index (χ0n) is 8.66. The fourth-order valence-corrected chi connectivity index (χ4v) is 2.16. The molecule has 0 amide bonds. The second-order valence-electron chi connectivity index (χ2n) is 4.03. The zero-order valence-corrected chi connectivity index (χ0v) is 8.66. The maximum absolute atomic E-state index is 5.80. The van der Waals surface area contributed by atoms with Gasteiger partial charge in [0, 0.05) is 13.1 Å². The van der Waals surface area contributed by atoms with Crippen molar-refractivity contribution in [2.24, 2.45) is 5.92 Å². The predicted octanol–water partition coefficient (Wildman–Crippen LogP) is 1.62. The zero-order chi connectivity index (χ0) is 9.97. The van der Waals surface area contributed by atoms with Crippen LogP contribution >= 0.6 is 0 Å². The van der Waals surface area contributed by atoms with Crippen LogP contribution in [0.15, 0.2) is 6.20 Å². The Hall–Kier alpha value is -1.19. The van der Waals surface area contributed by atoms with Gasteiger partial charge in [0.25, 0.3) is 0 Å². The van der Waals surface area contributed by atoms with E-state index in [0.717, 1.165) is 24.7 Å². The summed E-state index contributed by atoms with van der Waals surface area (Å²) in [7, 11) is 0. The highest BCUT2D eigenvalue weighted by Crippen LogP contribution is 2.27. The lowest BCUT2D eigenvalue weighted by atomic mass is 9.95. The van der Waals surface area contributed by atoms with Crippen molar-refractivity contribution in [3.05, 3.63) is 6.20 Å². The first kappa shape index (κ1) is 9.37. The molecule has 1 aliphatic heterocycles. The minimum atomic E-state index is 0.696. The van der Waals surface area contributed by atoms with Gasteiger partial charge in [-0.05, 0) is 18.8 Å². The van der Waals surface area contributed by atoms with Crippen molar-refractivity contribution in [2.75, 3.05) is 23.7 Å². The molecule has 0 spiro atoms. The normalized spacial score (nSPS) is 22.6. The molecule has 3 N–H and O–H groups in total. The van der Waals surface area contributed by atoms with Gasteiger partial charge in [0.05, 0.1) is 11.9 Å². The summed E-state index contributed by atoms with van der Waals surface area (Å²) >= 11 is 0. The third kappa shape index (κ3) is 1.69. The van der Waals surface area contributed by atoms with Gasteiger partial charge in [0.2, 0.25) is 0 Å². The molecule has 4 nitrogen and oxygen atoms in total. The van der Waals surface area contributed by atoms with Crippen LogP contribution in [0.1, 0.15) is 26.2 Å². The third-order valence-electron chi connectivity index (χ3n) is 3.08. The lowest BCUT2D eigenvalue weighted by Gasteiger charge is -2.33. The molecule has 1 fully saturated rings. The lowest BCUT2D eigenvalue weighted by molar-refractivity contribution is 0.405. The van der Waals surface area contributed by atoms with Crippen LogP contribution in [0.25, 0.3) is 0 Å². The van der Waals surface area contributed by atoms with Gasteiger partial charge in [0.15, 0.2) is 0 Å². The van der Waals surface area contributed by atoms with Crippen LogP contribution in [0.2, 0.25) is 0 Å². The van der Waals surface area contributed by atoms with Crippen molar-refractivity contribution in [3.8, 4) is 0 Å². The summed E-state index contributed by atoms with van der Waals surface area (Å²) in [5, 5.41) is 6.74. The van der Waals surface area contributed by atoms with Gasteiger partial charge >= 0.3 is 0 Å². The Kier molecular flexibility index (Phi) is 2.61. The summed E-state index contributed by atoms with van der Waals surface area (Å²) in [4.78, 5) is 2.34. The monoisotopic (exact) mass is 194 g/mol. The second-order valence-corrected chi connectivity index (χ2v) is 4.03. The van der Waals surface area contributed by atoms with Crippen LogP contribution < -0.4 is 10.6 Å². The van der Waals surface area contributed by atoms with Crippen LogP contribution in [0.4, 0.5) is 11.5 Å². The number of hydrogen-bond acceptors (Lipinski definition) is 3. The van der Waals surface area contributed by atoms with Crippen molar-refractivity contribution < 1.29 is 0 Å². The number of piperidine rings is 1. The highest BCUT2D eigenvalue weighted by Gasteiger charge is 2.20. The van der Waals surface area contributed by atoms with E-state index in [0.29, 0.717) is 5.82 Å². The van der Waals surface area contributed by atoms with Crippen LogP contribution in [0.5, 0.6) is 0 Å². The molecule has 78 valence electrons. The van der Waals surface area contributed by atoms with Gasteiger partial charge in [-0.3, -0.25) is 5.10 Å². The average Bonchev–Trinajstić information content (AvgIpc) is 2.65. The van der Waals surface area contributed by atoms with Crippen molar-refractivity contribution in [3.63, 3.8) is 0 Å². The minimum Gasteiger partial charge on any atom is -0.382 e. The summed E-state index contributed by atoms with van der Waals surface area (Å²) in [6, 6.07) is 0. The SMILES string of the molecule is CCC1CCCN(c2cn[nH]c2N)C1. The summed E-state index contributed by atoms with van der Waals surface area (Å²) in [6.07, 6.45) is 5.70. The molecule has 2 heterocycles. The van der Waals surface area contributed by atoms with E-state index >= 15 is 0 Å². The molecule has 1 aliphatic rings. The van der Waals surface area contributed by atoms with Gasteiger partial charge in [0.1, 0.15) is 5.82 Å². The first-order valence-corrected chi connectivity index (χ1v) is 5.35. The van der Waals surface area contributed by atoms with E-state index in [4.69, 9.17) is 5.73 Å². The molecule has 1 atom stereocenters. The summed E-state index contributed by atoms with van der Waals surface area (Å²) in [5.74, 6) is 1.51. The third-order valence-corrected chi connectivity index (χ3v) is 3.08. The lowest BCUT2D eigenvalue weighted by Crippen LogP contribution is -2.35. The number of aromatic amines is 1. The predicted molar refractivity (Wildman–Crippen MR) is 58.2 cm³/mol. The quantitative estimate of drug-likeness (QED) is 0.752. The number of rotatable bonds is 2. The molecular weight excluding hydrogens is 176 g/mol. The molecule has 1 saturated heterocycles. The number of hydrogen-bond donors (Lipinski definition) is 2. The van der Waals surface area contributed by atoms with E-state index in [2.05, 4.69) is 22.0 Å². The average molecular weight is 194 g/mol. The van der Waals surface area contributed by atoms with Crippen molar-refractivity contribution >= 4 is 11.5 Å². The first-order valence-electron chi connectivity index (χ1n) is 5.35. The van der Waals surface area contributed by atoms with E-state index in [-0.39, 0.29) is 0 Å². The van der Waals surface area contributed by atoms with Crippen LogP contribution in [-0.2, 0) is 0 Å². The Morgan fingerprint density at radius 2 is 2.57 bits per heavy atom. The summed E-state index contributed by atoms with van der Waals surface area (Å²) < 4.78 is 0. The molecule has 0 aliphatic carbocycles. The van der Waals surface area contributed by atoms with E-state index in [1.165, 1.54) is 19.3 Å². The highest BCUT2D eigenvalue weighted by molar-refractivity contribution is 5.62.